The smallest absolute Gasteiger partial charge is 0.162 e. The summed E-state index contributed by atoms with van der Waals surface area (Å²) in [5, 5.41) is 18.7. The molecule has 3 nitrogen and oxygen atoms in total. The van der Waals surface area contributed by atoms with E-state index in [4.69, 9.17) is 5.73 Å². The largest absolute Gasteiger partial charge is 0.504 e. The predicted octanol–water partition coefficient (Wildman–Crippen LogP) is 1.04. The topological polar surface area (TPSA) is 66.5 Å². The molecule has 0 aliphatic heterocycles. The number of aryl methyl sites for hydroxylation is 1. The highest BCUT2D eigenvalue weighted by Gasteiger charge is 2.23. The van der Waals surface area contributed by atoms with E-state index in [2.05, 4.69) is 0 Å². The van der Waals surface area contributed by atoms with Crippen LogP contribution in [0.2, 0.25) is 0 Å². The number of hydrogen-bond acceptors (Lipinski definition) is 3. The Bertz CT molecular complexity index is 323. The Balaban J connectivity index is 2.63. The first-order chi connectivity index (χ1) is 5.70. The van der Waals surface area contributed by atoms with E-state index in [1.54, 1.807) is 0 Å². The van der Waals surface area contributed by atoms with Gasteiger partial charge in [-0.2, -0.15) is 0 Å². The minimum absolute atomic E-state index is 0.0440. The maximum Gasteiger partial charge on any atom is 0.162 e. The maximum atomic E-state index is 9.46. The first-order valence-corrected chi connectivity index (χ1v) is 3.99. The fourth-order valence-electron chi connectivity index (χ4n) is 1.73. The minimum atomic E-state index is -0.118. The SMILES string of the molecule is NC1CCc2ccc(O)c(O)c21. The number of fused-ring (bicyclic) bond motifs is 1. The average Bonchev–Trinajstić information content (AvgIpc) is 2.41. The fraction of sp³-hybridized carbons (Fsp3) is 0.333. The molecule has 1 aromatic carbocycles. The van der Waals surface area contributed by atoms with Gasteiger partial charge in [0.25, 0.3) is 0 Å². The van der Waals surface area contributed by atoms with Crippen LogP contribution in [-0.2, 0) is 6.42 Å². The lowest BCUT2D eigenvalue weighted by molar-refractivity contribution is 0.397. The van der Waals surface area contributed by atoms with Crippen LogP contribution in [0.15, 0.2) is 12.1 Å². The van der Waals surface area contributed by atoms with Gasteiger partial charge >= 0.3 is 0 Å². The first kappa shape index (κ1) is 7.43. The van der Waals surface area contributed by atoms with Crippen LogP contribution in [0.3, 0.4) is 0 Å². The third-order valence-corrected chi connectivity index (χ3v) is 2.38. The molecule has 1 atom stereocenters. The van der Waals surface area contributed by atoms with Gasteiger partial charge in [-0.3, -0.25) is 0 Å². The van der Waals surface area contributed by atoms with Gasteiger partial charge in [0.2, 0.25) is 0 Å². The van der Waals surface area contributed by atoms with E-state index in [0.29, 0.717) is 0 Å². The number of aromatic hydroxyl groups is 2. The van der Waals surface area contributed by atoms with E-state index in [-0.39, 0.29) is 17.5 Å². The van der Waals surface area contributed by atoms with Crippen molar-refractivity contribution < 1.29 is 10.2 Å². The fourth-order valence-corrected chi connectivity index (χ4v) is 1.73. The van der Waals surface area contributed by atoms with Crippen LogP contribution in [0.5, 0.6) is 11.5 Å². The third kappa shape index (κ3) is 0.865. The molecule has 0 saturated heterocycles. The highest BCUT2D eigenvalue weighted by Crippen LogP contribution is 2.40. The normalized spacial score (nSPS) is 20.9. The summed E-state index contributed by atoms with van der Waals surface area (Å²) in [6.45, 7) is 0. The van der Waals surface area contributed by atoms with Gasteiger partial charge in [-0.1, -0.05) is 6.07 Å². The van der Waals surface area contributed by atoms with Gasteiger partial charge in [-0.15, -0.1) is 0 Å². The summed E-state index contributed by atoms with van der Waals surface area (Å²) < 4.78 is 0. The van der Waals surface area contributed by atoms with Crippen molar-refractivity contribution in [3.8, 4) is 11.5 Å². The van der Waals surface area contributed by atoms with Crippen LogP contribution in [-0.4, -0.2) is 10.2 Å². The molecule has 0 saturated carbocycles. The van der Waals surface area contributed by atoms with Crippen LogP contribution >= 0.6 is 0 Å². The molecular formula is C9H11NO2. The third-order valence-electron chi connectivity index (χ3n) is 2.38. The molecule has 12 heavy (non-hydrogen) atoms. The van der Waals surface area contributed by atoms with Gasteiger partial charge in [0.1, 0.15) is 0 Å². The number of benzene rings is 1. The molecule has 1 aliphatic carbocycles. The molecule has 4 N–H and O–H groups in total. The molecule has 1 aromatic rings. The van der Waals surface area contributed by atoms with E-state index < -0.39 is 0 Å². The second-order valence-corrected chi connectivity index (χ2v) is 3.15. The molecule has 1 aliphatic rings. The predicted molar refractivity (Wildman–Crippen MR) is 45.0 cm³/mol. The first-order valence-electron chi connectivity index (χ1n) is 3.99. The number of phenolic OH excluding ortho intramolecular Hbond substituents is 2. The van der Waals surface area contributed by atoms with Crippen molar-refractivity contribution in [2.24, 2.45) is 5.73 Å². The van der Waals surface area contributed by atoms with Gasteiger partial charge in [0.15, 0.2) is 11.5 Å². The zero-order valence-corrected chi connectivity index (χ0v) is 6.62. The van der Waals surface area contributed by atoms with Gasteiger partial charge in [0.05, 0.1) is 0 Å². The summed E-state index contributed by atoms with van der Waals surface area (Å²) in [6, 6.07) is 3.20. The molecule has 64 valence electrons. The molecule has 1 unspecified atom stereocenters. The molecule has 0 bridgehead atoms. The molecule has 0 fully saturated rings. The second kappa shape index (κ2) is 2.38. The van der Waals surface area contributed by atoms with Crippen LogP contribution in [0.4, 0.5) is 0 Å². The van der Waals surface area contributed by atoms with Crippen molar-refractivity contribution in [3.63, 3.8) is 0 Å². The van der Waals surface area contributed by atoms with E-state index in [1.807, 2.05) is 6.07 Å². The molecular weight excluding hydrogens is 154 g/mol. The number of phenols is 2. The molecule has 3 heteroatoms. The van der Waals surface area contributed by atoms with Crippen LogP contribution < -0.4 is 5.73 Å². The quantitative estimate of drug-likeness (QED) is 0.503. The standard InChI is InChI=1S/C9H11NO2/c10-6-3-1-5-2-4-7(11)9(12)8(5)6/h2,4,6,11-12H,1,3,10H2. The Morgan fingerprint density at radius 3 is 2.83 bits per heavy atom. The Kier molecular flexibility index (Phi) is 1.48. The number of rotatable bonds is 0. The Morgan fingerprint density at radius 1 is 1.33 bits per heavy atom. The lowest BCUT2D eigenvalue weighted by Gasteiger charge is -2.08. The maximum absolute atomic E-state index is 9.46. The van der Waals surface area contributed by atoms with Crippen molar-refractivity contribution in [2.75, 3.05) is 0 Å². The van der Waals surface area contributed by atoms with Gasteiger partial charge in [-0.05, 0) is 24.5 Å². The highest BCUT2D eigenvalue weighted by molar-refractivity contribution is 5.52. The number of nitrogens with two attached hydrogens (primary N) is 1. The van der Waals surface area contributed by atoms with Gasteiger partial charge in [0, 0.05) is 11.6 Å². The van der Waals surface area contributed by atoms with E-state index in [0.717, 1.165) is 24.0 Å². The van der Waals surface area contributed by atoms with Crippen LogP contribution in [0.25, 0.3) is 0 Å². The molecule has 0 heterocycles. The Labute approximate surface area is 70.4 Å². The van der Waals surface area contributed by atoms with E-state index >= 15 is 0 Å². The van der Waals surface area contributed by atoms with Crippen molar-refractivity contribution in [2.45, 2.75) is 18.9 Å². The minimum Gasteiger partial charge on any atom is -0.504 e. The zero-order chi connectivity index (χ0) is 8.72. The summed E-state index contributed by atoms with van der Waals surface area (Å²) in [5.74, 6) is -0.122. The highest BCUT2D eigenvalue weighted by atomic mass is 16.3. The summed E-state index contributed by atoms with van der Waals surface area (Å²) in [6.07, 6.45) is 1.75. The van der Waals surface area contributed by atoms with Gasteiger partial charge < -0.3 is 15.9 Å². The summed E-state index contributed by atoms with van der Waals surface area (Å²) in [5.41, 5.74) is 7.52. The van der Waals surface area contributed by atoms with Gasteiger partial charge in [-0.25, -0.2) is 0 Å². The zero-order valence-electron chi connectivity index (χ0n) is 6.62. The molecule has 0 spiro atoms. The average molecular weight is 165 g/mol. The molecule has 0 radical (unpaired) electrons. The molecule has 0 aromatic heterocycles. The monoisotopic (exact) mass is 165 g/mol. The van der Waals surface area contributed by atoms with Crippen molar-refractivity contribution in [1.82, 2.24) is 0 Å². The molecule has 2 rings (SSSR count). The van der Waals surface area contributed by atoms with Crippen molar-refractivity contribution >= 4 is 0 Å². The number of hydrogen-bond donors (Lipinski definition) is 3. The summed E-state index contributed by atoms with van der Waals surface area (Å²) in [7, 11) is 0. The second-order valence-electron chi connectivity index (χ2n) is 3.15. The van der Waals surface area contributed by atoms with Crippen molar-refractivity contribution in [1.29, 1.82) is 0 Å². The molecule has 0 amide bonds. The van der Waals surface area contributed by atoms with E-state index in [9.17, 15) is 10.2 Å². The van der Waals surface area contributed by atoms with E-state index in [1.165, 1.54) is 6.07 Å². The Morgan fingerprint density at radius 2 is 2.08 bits per heavy atom. The summed E-state index contributed by atoms with van der Waals surface area (Å²) in [4.78, 5) is 0. The lowest BCUT2D eigenvalue weighted by Crippen LogP contribution is -2.05. The Hall–Kier alpha value is -1.22. The van der Waals surface area contributed by atoms with Crippen LogP contribution in [0, 0.1) is 0 Å². The lowest BCUT2D eigenvalue weighted by atomic mass is 10.1. The summed E-state index contributed by atoms with van der Waals surface area (Å²) >= 11 is 0. The van der Waals surface area contributed by atoms with Crippen LogP contribution in [0.1, 0.15) is 23.6 Å². The van der Waals surface area contributed by atoms with Crippen molar-refractivity contribution in [3.05, 3.63) is 23.3 Å².